The second-order valence-corrected chi connectivity index (χ2v) is 7.18. The van der Waals surface area contributed by atoms with Crippen molar-refractivity contribution in [2.24, 2.45) is 5.10 Å². The standard InChI is InChI=1S/C24H22ClN3O4/c1-15(27-28-24(30)18-8-13-21(31-2)22(14-18)32-3)16-6-11-20(12-7-16)26-23(29)17-4-9-19(25)10-5-17/h4-14H,1-3H3,(H,26,29)(H,28,30)/b27-15-. The monoisotopic (exact) mass is 451 g/mol. The molecule has 0 aliphatic heterocycles. The Morgan fingerprint density at radius 1 is 0.781 bits per heavy atom. The van der Waals surface area contributed by atoms with Crippen molar-refractivity contribution in [1.29, 1.82) is 0 Å². The molecule has 0 aliphatic rings. The fourth-order valence-corrected chi connectivity index (χ4v) is 2.97. The van der Waals surface area contributed by atoms with Gasteiger partial charge in [-0.2, -0.15) is 5.10 Å². The van der Waals surface area contributed by atoms with Gasteiger partial charge >= 0.3 is 0 Å². The molecular formula is C24H22ClN3O4. The normalized spacial score (nSPS) is 10.9. The van der Waals surface area contributed by atoms with Crippen molar-refractivity contribution in [2.75, 3.05) is 19.5 Å². The molecule has 0 spiro atoms. The number of rotatable bonds is 7. The van der Waals surface area contributed by atoms with Gasteiger partial charge in [-0.1, -0.05) is 23.7 Å². The number of hydrogen-bond acceptors (Lipinski definition) is 5. The summed E-state index contributed by atoms with van der Waals surface area (Å²) in [7, 11) is 3.03. The van der Waals surface area contributed by atoms with Crippen LogP contribution in [0.1, 0.15) is 33.2 Å². The Hall–Kier alpha value is -3.84. The zero-order valence-electron chi connectivity index (χ0n) is 17.8. The highest BCUT2D eigenvalue weighted by Gasteiger charge is 2.11. The Kier molecular flexibility index (Phi) is 7.46. The van der Waals surface area contributed by atoms with Crippen LogP contribution in [-0.2, 0) is 0 Å². The topological polar surface area (TPSA) is 89.0 Å². The quantitative estimate of drug-likeness (QED) is 0.400. The first-order valence-corrected chi connectivity index (χ1v) is 10.0. The third-order valence-corrected chi connectivity index (χ3v) is 4.89. The lowest BCUT2D eigenvalue weighted by atomic mass is 10.1. The van der Waals surface area contributed by atoms with Crippen LogP contribution in [0, 0.1) is 0 Å². The maximum Gasteiger partial charge on any atom is 0.271 e. The van der Waals surface area contributed by atoms with E-state index in [0.29, 0.717) is 39.0 Å². The molecule has 0 atom stereocenters. The third-order valence-electron chi connectivity index (χ3n) is 4.64. The third kappa shape index (κ3) is 5.65. The summed E-state index contributed by atoms with van der Waals surface area (Å²) in [6.07, 6.45) is 0. The molecule has 0 aromatic heterocycles. The number of anilines is 1. The summed E-state index contributed by atoms with van der Waals surface area (Å²) in [6, 6.07) is 18.6. The fourth-order valence-electron chi connectivity index (χ4n) is 2.84. The number of hydrazone groups is 1. The molecule has 2 N–H and O–H groups in total. The number of nitrogens with zero attached hydrogens (tertiary/aromatic N) is 1. The second kappa shape index (κ2) is 10.5. The van der Waals surface area contributed by atoms with Crippen LogP contribution in [0.25, 0.3) is 0 Å². The number of carbonyl (C=O) groups excluding carboxylic acids is 2. The molecule has 0 saturated carbocycles. The molecule has 0 saturated heterocycles. The van der Waals surface area contributed by atoms with E-state index in [-0.39, 0.29) is 11.8 Å². The summed E-state index contributed by atoms with van der Waals surface area (Å²) < 4.78 is 10.4. The van der Waals surface area contributed by atoms with Gasteiger partial charge in [-0.15, -0.1) is 0 Å². The summed E-state index contributed by atoms with van der Waals surface area (Å²) >= 11 is 5.85. The van der Waals surface area contributed by atoms with Crippen LogP contribution in [0.4, 0.5) is 5.69 Å². The van der Waals surface area contributed by atoms with Crippen molar-refractivity contribution in [2.45, 2.75) is 6.92 Å². The zero-order valence-corrected chi connectivity index (χ0v) is 18.6. The number of nitrogens with one attached hydrogen (secondary N) is 2. The summed E-state index contributed by atoms with van der Waals surface area (Å²) in [5.74, 6) is 0.378. The van der Waals surface area contributed by atoms with Crippen LogP contribution in [0.15, 0.2) is 71.8 Å². The smallest absolute Gasteiger partial charge is 0.271 e. The number of carbonyl (C=O) groups is 2. The highest BCUT2D eigenvalue weighted by molar-refractivity contribution is 6.30. The number of benzene rings is 3. The Morgan fingerprint density at radius 2 is 1.38 bits per heavy atom. The predicted molar refractivity (Wildman–Crippen MR) is 125 cm³/mol. The van der Waals surface area contributed by atoms with Crippen LogP contribution < -0.4 is 20.2 Å². The highest BCUT2D eigenvalue weighted by atomic mass is 35.5. The lowest BCUT2D eigenvalue weighted by Gasteiger charge is -2.09. The van der Waals surface area contributed by atoms with Crippen molar-refractivity contribution in [3.8, 4) is 11.5 Å². The molecule has 0 fully saturated rings. The summed E-state index contributed by atoms with van der Waals surface area (Å²) in [4.78, 5) is 24.7. The number of ether oxygens (including phenoxy) is 2. The van der Waals surface area contributed by atoms with Gasteiger partial charge in [0.2, 0.25) is 0 Å². The fraction of sp³-hybridized carbons (Fsp3) is 0.125. The second-order valence-electron chi connectivity index (χ2n) is 6.75. The minimum Gasteiger partial charge on any atom is -0.493 e. The average Bonchev–Trinajstić information content (AvgIpc) is 2.82. The number of amides is 2. The first-order chi connectivity index (χ1) is 15.4. The van der Waals surface area contributed by atoms with Crippen LogP contribution >= 0.6 is 11.6 Å². The lowest BCUT2D eigenvalue weighted by molar-refractivity contribution is 0.0953. The van der Waals surface area contributed by atoms with Gasteiger partial charge in [0.05, 0.1) is 19.9 Å². The molecule has 0 radical (unpaired) electrons. The Bertz CT molecular complexity index is 1140. The molecular weight excluding hydrogens is 430 g/mol. The van der Waals surface area contributed by atoms with Gasteiger partial charge in [0.25, 0.3) is 11.8 Å². The molecule has 3 aromatic rings. The van der Waals surface area contributed by atoms with Gasteiger partial charge in [0, 0.05) is 21.8 Å². The van der Waals surface area contributed by atoms with Crippen molar-refractivity contribution < 1.29 is 19.1 Å². The Labute approximate surface area is 191 Å². The first-order valence-electron chi connectivity index (χ1n) is 9.65. The number of methoxy groups -OCH3 is 2. The van der Waals surface area contributed by atoms with E-state index in [2.05, 4.69) is 15.8 Å². The largest absolute Gasteiger partial charge is 0.493 e. The molecule has 8 heteroatoms. The average molecular weight is 452 g/mol. The molecule has 3 rings (SSSR count). The Balaban J connectivity index is 1.63. The summed E-state index contributed by atoms with van der Waals surface area (Å²) in [5.41, 5.74) is 5.46. The first kappa shape index (κ1) is 22.8. The van der Waals surface area contributed by atoms with E-state index in [1.807, 2.05) is 0 Å². The molecule has 2 amide bonds. The molecule has 0 bridgehead atoms. The Morgan fingerprint density at radius 3 is 2.00 bits per heavy atom. The van der Waals surface area contributed by atoms with E-state index < -0.39 is 0 Å². The maximum absolute atomic E-state index is 12.4. The van der Waals surface area contributed by atoms with Crippen LogP contribution in [0.5, 0.6) is 11.5 Å². The van der Waals surface area contributed by atoms with Gasteiger partial charge in [-0.3, -0.25) is 9.59 Å². The number of halogens is 1. The van der Waals surface area contributed by atoms with Gasteiger partial charge < -0.3 is 14.8 Å². The molecule has 164 valence electrons. The number of hydrogen-bond donors (Lipinski definition) is 2. The van der Waals surface area contributed by atoms with E-state index in [9.17, 15) is 9.59 Å². The van der Waals surface area contributed by atoms with E-state index >= 15 is 0 Å². The van der Waals surface area contributed by atoms with E-state index in [0.717, 1.165) is 5.56 Å². The van der Waals surface area contributed by atoms with Crippen molar-refractivity contribution in [1.82, 2.24) is 5.43 Å². The van der Waals surface area contributed by atoms with Crippen molar-refractivity contribution in [3.05, 3.63) is 88.4 Å². The minimum absolute atomic E-state index is 0.234. The van der Waals surface area contributed by atoms with Gasteiger partial charge in [-0.05, 0) is 67.1 Å². The van der Waals surface area contributed by atoms with Crippen molar-refractivity contribution >= 4 is 34.8 Å². The van der Waals surface area contributed by atoms with Gasteiger partial charge in [0.1, 0.15) is 0 Å². The molecule has 0 unspecified atom stereocenters. The van der Waals surface area contributed by atoms with Crippen molar-refractivity contribution in [3.63, 3.8) is 0 Å². The molecule has 32 heavy (non-hydrogen) atoms. The van der Waals surface area contributed by atoms with Crippen LogP contribution in [0.3, 0.4) is 0 Å². The summed E-state index contributed by atoms with van der Waals surface area (Å²) in [5, 5.41) is 7.55. The molecule has 7 nitrogen and oxygen atoms in total. The molecule has 3 aromatic carbocycles. The zero-order chi connectivity index (χ0) is 23.1. The molecule has 0 heterocycles. The predicted octanol–water partition coefficient (Wildman–Crippen LogP) is 4.76. The van der Waals surface area contributed by atoms with E-state index in [1.54, 1.807) is 73.7 Å². The van der Waals surface area contributed by atoms with Gasteiger partial charge in [0.15, 0.2) is 11.5 Å². The maximum atomic E-state index is 12.4. The van der Waals surface area contributed by atoms with E-state index in [1.165, 1.54) is 14.2 Å². The SMILES string of the molecule is COc1ccc(C(=O)N/N=C(/C)c2ccc(NC(=O)c3ccc(Cl)cc3)cc2)cc1OC. The highest BCUT2D eigenvalue weighted by Crippen LogP contribution is 2.27. The minimum atomic E-state index is -0.378. The van der Waals surface area contributed by atoms with E-state index in [4.69, 9.17) is 21.1 Å². The van der Waals surface area contributed by atoms with Gasteiger partial charge in [-0.25, -0.2) is 5.43 Å². The summed E-state index contributed by atoms with van der Waals surface area (Å²) in [6.45, 7) is 1.77. The van der Waals surface area contributed by atoms with Crippen LogP contribution in [-0.4, -0.2) is 31.7 Å². The van der Waals surface area contributed by atoms with Crippen LogP contribution in [0.2, 0.25) is 5.02 Å². The lowest BCUT2D eigenvalue weighted by Crippen LogP contribution is -2.19. The molecule has 0 aliphatic carbocycles.